The van der Waals surface area contributed by atoms with Gasteiger partial charge in [-0.1, -0.05) is 13.8 Å². The van der Waals surface area contributed by atoms with Crippen LogP contribution >= 0.6 is 0 Å². The topological polar surface area (TPSA) is 73.1 Å². The Balaban J connectivity index is 3.98. The summed E-state index contributed by atoms with van der Waals surface area (Å²) in [6, 6.07) is 1.30. The number of hydrogen-bond acceptors (Lipinski definition) is 3. The number of nitrogens with one attached hydrogen (secondary N) is 1. The molecular formula is C8H14N2O2. The molecule has 1 amide bonds. The molecular weight excluding hydrogens is 156 g/mol. The Labute approximate surface area is 72.2 Å². The summed E-state index contributed by atoms with van der Waals surface area (Å²) < 4.78 is 0. The largest absolute Gasteiger partial charge is 0.383 e. The van der Waals surface area contributed by atoms with Gasteiger partial charge < -0.3 is 10.4 Å². The van der Waals surface area contributed by atoms with Crippen molar-refractivity contribution in [3.05, 3.63) is 0 Å². The van der Waals surface area contributed by atoms with Crippen molar-refractivity contribution in [1.82, 2.24) is 5.32 Å². The van der Waals surface area contributed by atoms with Crippen LogP contribution in [0.3, 0.4) is 0 Å². The van der Waals surface area contributed by atoms with E-state index in [1.165, 1.54) is 0 Å². The Kier molecular flexibility index (Phi) is 4.30. The molecule has 0 aliphatic rings. The van der Waals surface area contributed by atoms with Crippen molar-refractivity contribution in [3.8, 4) is 6.07 Å². The van der Waals surface area contributed by atoms with E-state index in [9.17, 15) is 9.90 Å². The number of aliphatic hydroxyl groups is 1. The highest BCUT2D eigenvalue weighted by molar-refractivity contribution is 5.81. The van der Waals surface area contributed by atoms with Gasteiger partial charge in [0.15, 0.2) is 0 Å². The van der Waals surface area contributed by atoms with Crippen LogP contribution in [0.1, 0.15) is 20.8 Å². The number of carbonyl (C=O) groups excluding carboxylic acids is 1. The fraction of sp³-hybridized carbons (Fsp3) is 0.750. The van der Waals surface area contributed by atoms with E-state index in [-0.39, 0.29) is 5.92 Å². The second-order valence-corrected chi connectivity index (χ2v) is 3.05. The SMILES string of the molecule is CC(C#N)NC(=O)[C@H](O)C(C)C. The van der Waals surface area contributed by atoms with Crippen molar-refractivity contribution in [2.75, 3.05) is 0 Å². The predicted molar refractivity (Wildman–Crippen MR) is 44.1 cm³/mol. The molecule has 0 aromatic heterocycles. The van der Waals surface area contributed by atoms with E-state index < -0.39 is 18.1 Å². The minimum Gasteiger partial charge on any atom is -0.383 e. The van der Waals surface area contributed by atoms with Gasteiger partial charge in [0, 0.05) is 0 Å². The average molecular weight is 170 g/mol. The number of amides is 1. The molecule has 0 bridgehead atoms. The molecule has 0 aromatic rings. The van der Waals surface area contributed by atoms with Crippen LogP contribution in [-0.4, -0.2) is 23.2 Å². The lowest BCUT2D eigenvalue weighted by atomic mass is 10.1. The van der Waals surface area contributed by atoms with E-state index in [0.717, 1.165) is 0 Å². The first kappa shape index (κ1) is 10.9. The lowest BCUT2D eigenvalue weighted by Crippen LogP contribution is -2.41. The molecule has 12 heavy (non-hydrogen) atoms. The second-order valence-electron chi connectivity index (χ2n) is 3.05. The molecule has 0 spiro atoms. The molecule has 0 rings (SSSR count). The Morgan fingerprint density at radius 2 is 2.00 bits per heavy atom. The first-order valence-corrected chi connectivity index (χ1v) is 3.87. The average Bonchev–Trinajstić information content (AvgIpc) is 2.02. The summed E-state index contributed by atoms with van der Waals surface area (Å²) in [5.74, 6) is -0.616. The summed E-state index contributed by atoms with van der Waals surface area (Å²) in [5, 5.41) is 19.9. The lowest BCUT2D eigenvalue weighted by Gasteiger charge is -2.14. The van der Waals surface area contributed by atoms with E-state index in [1.807, 2.05) is 6.07 Å². The third-order valence-electron chi connectivity index (χ3n) is 1.45. The number of nitriles is 1. The van der Waals surface area contributed by atoms with E-state index >= 15 is 0 Å². The monoisotopic (exact) mass is 170 g/mol. The van der Waals surface area contributed by atoms with E-state index in [0.29, 0.717) is 0 Å². The Morgan fingerprint density at radius 3 is 2.33 bits per heavy atom. The molecule has 68 valence electrons. The maximum Gasteiger partial charge on any atom is 0.250 e. The highest BCUT2D eigenvalue weighted by Gasteiger charge is 2.19. The van der Waals surface area contributed by atoms with Gasteiger partial charge in [-0.05, 0) is 12.8 Å². The molecule has 0 saturated heterocycles. The van der Waals surface area contributed by atoms with Gasteiger partial charge in [-0.25, -0.2) is 0 Å². The van der Waals surface area contributed by atoms with Gasteiger partial charge in [-0.3, -0.25) is 4.79 Å². The van der Waals surface area contributed by atoms with Gasteiger partial charge in [-0.2, -0.15) is 5.26 Å². The third-order valence-corrected chi connectivity index (χ3v) is 1.45. The summed E-state index contributed by atoms with van der Waals surface area (Å²) in [6.07, 6.45) is -1.03. The van der Waals surface area contributed by atoms with Crippen LogP contribution in [0.25, 0.3) is 0 Å². The van der Waals surface area contributed by atoms with Crippen LogP contribution in [0, 0.1) is 17.2 Å². The van der Waals surface area contributed by atoms with Crippen molar-refractivity contribution in [3.63, 3.8) is 0 Å². The zero-order valence-corrected chi connectivity index (χ0v) is 7.53. The van der Waals surface area contributed by atoms with Gasteiger partial charge in [-0.15, -0.1) is 0 Å². The van der Waals surface area contributed by atoms with Crippen LogP contribution < -0.4 is 5.32 Å². The molecule has 2 atom stereocenters. The highest BCUT2D eigenvalue weighted by Crippen LogP contribution is 2.00. The molecule has 2 N–H and O–H groups in total. The maximum atomic E-state index is 11.0. The van der Waals surface area contributed by atoms with Crippen molar-refractivity contribution in [1.29, 1.82) is 5.26 Å². The fourth-order valence-corrected chi connectivity index (χ4v) is 0.634. The fourth-order valence-electron chi connectivity index (χ4n) is 0.634. The Morgan fingerprint density at radius 1 is 1.50 bits per heavy atom. The van der Waals surface area contributed by atoms with E-state index in [4.69, 9.17) is 5.26 Å². The summed E-state index contributed by atoms with van der Waals surface area (Å²) in [6.45, 7) is 5.04. The Bertz CT molecular complexity index is 196. The van der Waals surface area contributed by atoms with Crippen LogP contribution in [-0.2, 0) is 4.79 Å². The zero-order chi connectivity index (χ0) is 9.72. The third kappa shape index (κ3) is 3.35. The molecule has 0 heterocycles. The van der Waals surface area contributed by atoms with Gasteiger partial charge in [0.2, 0.25) is 5.91 Å². The highest BCUT2D eigenvalue weighted by atomic mass is 16.3. The quantitative estimate of drug-likeness (QED) is 0.627. The molecule has 1 unspecified atom stereocenters. The van der Waals surface area contributed by atoms with Crippen molar-refractivity contribution in [2.24, 2.45) is 5.92 Å². The first-order valence-electron chi connectivity index (χ1n) is 3.87. The van der Waals surface area contributed by atoms with Crippen LogP contribution in [0.5, 0.6) is 0 Å². The first-order chi connectivity index (χ1) is 5.49. The molecule has 0 fully saturated rings. The molecule has 0 saturated carbocycles. The van der Waals surface area contributed by atoms with Gasteiger partial charge in [0.25, 0.3) is 0 Å². The normalized spacial score (nSPS) is 15.0. The minimum absolute atomic E-state index is 0.129. The summed E-state index contributed by atoms with van der Waals surface area (Å²) >= 11 is 0. The maximum absolute atomic E-state index is 11.0. The number of nitrogens with zero attached hydrogens (tertiary/aromatic N) is 1. The zero-order valence-electron chi connectivity index (χ0n) is 7.53. The van der Waals surface area contributed by atoms with Crippen LogP contribution in [0.15, 0.2) is 0 Å². The van der Waals surface area contributed by atoms with Crippen molar-refractivity contribution >= 4 is 5.91 Å². The van der Waals surface area contributed by atoms with Crippen LogP contribution in [0.4, 0.5) is 0 Å². The summed E-state index contributed by atoms with van der Waals surface area (Å²) in [4.78, 5) is 11.0. The smallest absolute Gasteiger partial charge is 0.250 e. The van der Waals surface area contributed by atoms with Gasteiger partial charge in [0.05, 0.1) is 6.07 Å². The van der Waals surface area contributed by atoms with Crippen LogP contribution in [0.2, 0.25) is 0 Å². The van der Waals surface area contributed by atoms with E-state index in [2.05, 4.69) is 5.32 Å². The minimum atomic E-state index is -1.03. The Hall–Kier alpha value is -1.08. The van der Waals surface area contributed by atoms with Crippen molar-refractivity contribution < 1.29 is 9.90 Å². The van der Waals surface area contributed by atoms with Gasteiger partial charge >= 0.3 is 0 Å². The summed E-state index contributed by atoms with van der Waals surface area (Å²) in [7, 11) is 0. The summed E-state index contributed by atoms with van der Waals surface area (Å²) in [5.41, 5.74) is 0. The van der Waals surface area contributed by atoms with E-state index in [1.54, 1.807) is 20.8 Å². The number of aliphatic hydroxyl groups excluding tert-OH is 1. The number of carbonyl (C=O) groups is 1. The number of hydrogen-bond donors (Lipinski definition) is 2. The van der Waals surface area contributed by atoms with Gasteiger partial charge in [0.1, 0.15) is 12.1 Å². The predicted octanol–water partition coefficient (Wildman–Crippen LogP) is 0.0316. The molecule has 0 radical (unpaired) electrons. The molecule has 0 aromatic carbocycles. The number of rotatable bonds is 3. The standard InChI is InChI=1S/C8H14N2O2/c1-5(2)7(11)8(12)10-6(3)4-9/h5-7,11H,1-3H3,(H,10,12)/t6?,7-/m1/s1. The second kappa shape index (κ2) is 4.73. The molecule has 4 heteroatoms. The lowest BCUT2D eigenvalue weighted by molar-refractivity contribution is -0.131. The molecule has 0 aliphatic carbocycles. The molecule has 4 nitrogen and oxygen atoms in total. The van der Waals surface area contributed by atoms with Crippen molar-refractivity contribution in [2.45, 2.75) is 32.9 Å². The molecule has 0 aliphatic heterocycles.